The van der Waals surface area contributed by atoms with Crippen LogP contribution in [0, 0.1) is 27.7 Å². The quantitative estimate of drug-likeness (QED) is 0.808. The largest absolute Gasteiger partial charge is 0.477 e. The summed E-state index contributed by atoms with van der Waals surface area (Å²) in [4.78, 5) is 30.4. The van der Waals surface area contributed by atoms with Gasteiger partial charge < -0.3 is 15.4 Å². The Hall–Kier alpha value is -2.63. The number of nitrogens with zero attached hydrogens (tertiary/aromatic N) is 1. The minimum Gasteiger partial charge on any atom is -0.477 e. The number of H-pyrrole nitrogens is 1. The van der Waals surface area contributed by atoms with Gasteiger partial charge in [-0.1, -0.05) is 0 Å². The molecule has 0 aromatic carbocycles. The summed E-state index contributed by atoms with van der Waals surface area (Å²) in [6.07, 6.45) is 0. The minimum atomic E-state index is -1.08. The number of aromatic amines is 1. The van der Waals surface area contributed by atoms with Crippen molar-refractivity contribution < 1.29 is 14.7 Å². The number of aryl methyl sites for hydroxylation is 3. The second-order valence-corrected chi connectivity index (χ2v) is 5.06. The lowest BCUT2D eigenvalue weighted by Crippen LogP contribution is -2.15. The Bertz CT molecular complexity index is 712. The lowest BCUT2D eigenvalue weighted by atomic mass is 10.1. The van der Waals surface area contributed by atoms with Gasteiger partial charge >= 0.3 is 5.97 Å². The van der Waals surface area contributed by atoms with Gasteiger partial charge in [0.25, 0.3) is 5.91 Å². The average molecular weight is 287 g/mol. The van der Waals surface area contributed by atoms with Crippen LogP contribution in [0.15, 0.2) is 12.1 Å². The van der Waals surface area contributed by atoms with Crippen LogP contribution < -0.4 is 5.32 Å². The average Bonchev–Trinajstić information content (AvgIpc) is 2.63. The Balaban J connectivity index is 2.35. The molecule has 21 heavy (non-hydrogen) atoms. The first-order valence-corrected chi connectivity index (χ1v) is 6.48. The van der Waals surface area contributed by atoms with Crippen LogP contribution in [0.5, 0.6) is 0 Å². The first-order valence-electron chi connectivity index (χ1n) is 6.48. The fourth-order valence-corrected chi connectivity index (χ4v) is 2.39. The van der Waals surface area contributed by atoms with Crippen LogP contribution in [0.25, 0.3) is 0 Å². The van der Waals surface area contributed by atoms with E-state index in [2.05, 4.69) is 15.3 Å². The molecule has 110 valence electrons. The first-order chi connectivity index (χ1) is 9.79. The fourth-order valence-electron chi connectivity index (χ4n) is 2.39. The number of carbonyl (C=O) groups excluding carboxylic acids is 1. The van der Waals surface area contributed by atoms with Crippen molar-refractivity contribution in [2.45, 2.75) is 27.7 Å². The number of carboxylic acid groups (broad SMARTS) is 1. The number of hydrogen-bond donors (Lipinski definition) is 3. The molecule has 0 fully saturated rings. The van der Waals surface area contributed by atoms with Gasteiger partial charge in [-0.2, -0.15) is 0 Å². The zero-order valence-electron chi connectivity index (χ0n) is 12.4. The van der Waals surface area contributed by atoms with Crippen LogP contribution >= 0.6 is 0 Å². The summed E-state index contributed by atoms with van der Waals surface area (Å²) < 4.78 is 0. The van der Waals surface area contributed by atoms with E-state index < -0.39 is 5.97 Å². The van der Waals surface area contributed by atoms with E-state index in [4.69, 9.17) is 5.11 Å². The number of hydrogen-bond acceptors (Lipinski definition) is 3. The number of pyridine rings is 1. The number of anilines is 1. The molecule has 0 unspecified atom stereocenters. The molecule has 0 aliphatic heterocycles. The van der Waals surface area contributed by atoms with Crippen molar-refractivity contribution in [3.8, 4) is 0 Å². The number of nitrogens with one attached hydrogen (secondary N) is 2. The van der Waals surface area contributed by atoms with Gasteiger partial charge in [0, 0.05) is 11.4 Å². The van der Waals surface area contributed by atoms with Crippen molar-refractivity contribution >= 4 is 17.7 Å². The molecule has 6 nitrogen and oxygen atoms in total. The van der Waals surface area contributed by atoms with Gasteiger partial charge in [-0.15, -0.1) is 0 Å². The van der Waals surface area contributed by atoms with Crippen molar-refractivity contribution in [3.63, 3.8) is 0 Å². The third-order valence-electron chi connectivity index (χ3n) is 3.22. The maximum atomic E-state index is 12.4. The van der Waals surface area contributed by atoms with Crippen LogP contribution in [-0.2, 0) is 0 Å². The summed E-state index contributed by atoms with van der Waals surface area (Å²) >= 11 is 0. The topological polar surface area (TPSA) is 95.1 Å². The number of carboxylic acids is 1. The summed E-state index contributed by atoms with van der Waals surface area (Å²) in [5.74, 6) is -1.00. The van der Waals surface area contributed by atoms with Crippen LogP contribution in [0.4, 0.5) is 5.82 Å². The van der Waals surface area contributed by atoms with Gasteiger partial charge in [0.2, 0.25) is 0 Å². The Morgan fingerprint density at radius 2 is 1.86 bits per heavy atom. The van der Waals surface area contributed by atoms with Crippen molar-refractivity contribution in [1.29, 1.82) is 0 Å². The molecule has 0 bridgehead atoms. The molecule has 0 aliphatic carbocycles. The predicted octanol–water partition coefficient (Wildman–Crippen LogP) is 2.59. The third kappa shape index (κ3) is 2.94. The third-order valence-corrected chi connectivity index (χ3v) is 3.22. The van der Waals surface area contributed by atoms with E-state index in [-0.39, 0.29) is 11.6 Å². The van der Waals surface area contributed by atoms with E-state index in [0.29, 0.717) is 22.6 Å². The smallest absolute Gasteiger partial charge is 0.352 e. The van der Waals surface area contributed by atoms with E-state index in [9.17, 15) is 9.59 Å². The van der Waals surface area contributed by atoms with Crippen LogP contribution in [0.3, 0.4) is 0 Å². The van der Waals surface area contributed by atoms with Gasteiger partial charge in [0.1, 0.15) is 11.5 Å². The normalized spacial score (nSPS) is 10.5. The van der Waals surface area contributed by atoms with Gasteiger partial charge in [-0.05, 0) is 51.0 Å². The van der Waals surface area contributed by atoms with E-state index in [0.717, 1.165) is 11.3 Å². The van der Waals surface area contributed by atoms with Crippen LogP contribution in [-0.4, -0.2) is 27.0 Å². The van der Waals surface area contributed by atoms with Crippen molar-refractivity contribution in [1.82, 2.24) is 9.97 Å². The molecule has 2 aromatic heterocycles. The monoisotopic (exact) mass is 287 g/mol. The fraction of sp³-hybridized carbons (Fsp3) is 0.267. The highest BCUT2D eigenvalue weighted by atomic mass is 16.4. The van der Waals surface area contributed by atoms with Crippen molar-refractivity contribution in [2.75, 3.05) is 5.32 Å². The van der Waals surface area contributed by atoms with Crippen LogP contribution in [0.2, 0.25) is 0 Å². The molecule has 6 heteroatoms. The lowest BCUT2D eigenvalue weighted by molar-refractivity contribution is 0.0690. The molecule has 0 aliphatic rings. The first kappa shape index (κ1) is 14.8. The van der Waals surface area contributed by atoms with Gasteiger partial charge in [0.05, 0.1) is 5.56 Å². The minimum absolute atomic E-state index is 0.0334. The summed E-state index contributed by atoms with van der Waals surface area (Å²) in [6, 6.07) is 3.67. The van der Waals surface area contributed by atoms with E-state index in [1.54, 1.807) is 19.9 Å². The standard InChI is InChI=1S/C15H17N3O3/c1-7-5-8(2)16-11(6-7)18-14(19)12-9(3)13(15(20)21)17-10(12)4/h5-6,17H,1-4H3,(H,20,21)(H,16,18,19). The Morgan fingerprint density at radius 3 is 2.38 bits per heavy atom. The maximum absolute atomic E-state index is 12.4. The molecular weight excluding hydrogens is 270 g/mol. The van der Waals surface area contributed by atoms with Crippen LogP contribution in [0.1, 0.15) is 43.4 Å². The predicted molar refractivity (Wildman–Crippen MR) is 78.9 cm³/mol. The van der Waals surface area contributed by atoms with E-state index in [1.165, 1.54) is 0 Å². The molecule has 3 N–H and O–H groups in total. The Kier molecular flexibility index (Phi) is 3.80. The molecule has 0 saturated carbocycles. The van der Waals surface area contributed by atoms with Gasteiger partial charge in [-0.25, -0.2) is 9.78 Å². The molecule has 0 saturated heterocycles. The van der Waals surface area contributed by atoms with Gasteiger partial charge in [0.15, 0.2) is 0 Å². The lowest BCUT2D eigenvalue weighted by Gasteiger charge is -2.07. The molecule has 0 atom stereocenters. The van der Waals surface area contributed by atoms with E-state index >= 15 is 0 Å². The number of carbonyl (C=O) groups is 2. The maximum Gasteiger partial charge on any atom is 0.352 e. The number of aromatic nitrogens is 2. The summed E-state index contributed by atoms with van der Waals surface area (Å²) in [5, 5.41) is 11.8. The zero-order chi connectivity index (χ0) is 15.7. The van der Waals surface area contributed by atoms with Gasteiger partial charge in [-0.3, -0.25) is 4.79 Å². The van der Waals surface area contributed by atoms with E-state index in [1.807, 2.05) is 19.9 Å². The van der Waals surface area contributed by atoms with Crippen molar-refractivity contribution in [3.05, 3.63) is 45.9 Å². The Morgan fingerprint density at radius 1 is 1.19 bits per heavy atom. The number of rotatable bonds is 3. The zero-order valence-corrected chi connectivity index (χ0v) is 12.4. The highest BCUT2D eigenvalue weighted by Crippen LogP contribution is 2.19. The second-order valence-electron chi connectivity index (χ2n) is 5.06. The molecule has 2 rings (SSSR count). The molecule has 0 spiro atoms. The Labute approximate surface area is 122 Å². The highest BCUT2D eigenvalue weighted by Gasteiger charge is 2.21. The number of amides is 1. The molecular formula is C15H17N3O3. The molecule has 0 radical (unpaired) electrons. The number of aromatic carboxylic acids is 1. The van der Waals surface area contributed by atoms with Crippen molar-refractivity contribution in [2.24, 2.45) is 0 Å². The second kappa shape index (κ2) is 5.40. The molecule has 2 heterocycles. The summed E-state index contributed by atoms with van der Waals surface area (Å²) in [6.45, 7) is 7.04. The molecule has 2 aromatic rings. The molecule has 1 amide bonds. The SMILES string of the molecule is Cc1cc(C)nc(NC(=O)c2c(C)[nH]c(C(=O)O)c2C)c1. The summed E-state index contributed by atoms with van der Waals surface area (Å²) in [7, 11) is 0. The highest BCUT2D eigenvalue weighted by molar-refractivity contribution is 6.07. The summed E-state index contributed by atoms with van der Waals surface area (Å²) in [5.41, 5.74) is 3.11.